The molecule has 0 amide bonds. The van der Waals surface area contributed by atoms with Gasteiger partial charge in [-0.2, -0.15) is 0 Å². The van der Waals surface area contributed by atoms with Gasteiger partial charge in [0.25, 0.3) is 0 Å². The Morgan fingerprint density at radius 3 is 1.76 bits per heavy atom. The first-order valence-corrected chi connectivity index (χ1v) is 14.8. The highest BCUT2D eigenvalue weighted by Crippen LogP contribution is 2.67. The molecule has 4 bridgehead atoms. The summed E-state index contributed by atoms with van der Waals surface area (Å²) in [6.45, 7) is 9.30. The molecule has 2 nitrogen and oxygen atoms in total. The van der Waals surface area contributed by atoms with E-state index in [9.17, 15) is 0 Å². The van der Waals surface area contributed by atoms with Gasteiger partial charge in [0.15, 0.2) is 0 Å². The van der Waals surface area contributed by atoms with Gasteiger partial charge in [0.05, 0.1) is 5.60 Å². The molecule has 3 atom stereocenters. The van der Waals surface area contributed by atoms with Crippen LogP contribution in [0.3, 0.4) is 0 Å². The van der Waals surface area contributed by atoms with Gasteiger partial charge in [0, 0.05) is 5.56 Å². The summed E-state index contributed by atoms with van der Waals surface area (Å²) in [5.74, 6) is 5.02. The third kappa shape index (κ3) is 3.87. The Hall–Kier alpha value is -2.84. The molecule has 4 aromatic carbocycles. The third-order valence-corrected chi connectivity index (χ3v) is 10.1. The molecule has 196 valence electrons. The van der Waals surface area contributed by atoms with Crippen molar-refractivity contribution in [3.63, 3.8) is 0 Å². The maximum atomic E-state index is 7.28. The van der Waals surface area contributed by atoms with Crippen LogP contribution in [0.5, 0.6) is 5.75 Å². The van der Waals surface area contributed by atoms with Crippen LogP contribution < -0.4 is 4.74 Å². The molecule has 4 aliphatic rings. The molecule has 0 spiro atoms. The van der Waals surface area contributed by atoms with Crippen molar-refractivity contribution < 1.29 is 9.47 Å². The number of hydrogen-bond donors (Lipinski definition) is 0. The number of ether oxygens (including phenoxy) is 2. The number of benzene rings is 4. The minimum Gasteiger partial charge on any atom is -0.461 e. The molecule has 4 saturated carbocycles. The van der Waals surface area contributed by atoms with Crippen LogP contribution in [-0.2, 0) is 4.74 Å². The summed E-state index contributed by atoms with van der Waals surface area (Å²) in [6, 6.07) is 28.6. The van der Waals surface area contributed by atoms with E-state index in [1.54, 1.807) is 0 Å². The van der Waals surface area contributed by atoms with E-state index in [-0.39, 0.29) is 5.60 Å². The van der Waals surface area contributed by atoms with Gasteiger partial charge >= 0.3 is 0 Å². The highest BCUT2D eigenvalue weighted by atomic mass is 16.7. The minimum absolute atomic E-state index is 0.0294. The summed E-state index contributed by atoms with van der Waals surface area (Å²) >= 11 is 0. The Kier molecular flexibility index (Phi) is 5.82. The molecule has 4 aromatic rings. The van der Waals surface area contributed by atoms with E-state index in [0.29, 0.717) is 23.7 Å². The van der Waals surface area contributed by atoms with Gasteiger partial charge < -0.3 is 9.47 Å². The second-order valence-electron chi connectivity index (χ2n) is 13.0. The lowest BCUT2D eigenvalue weighted by Gasteiger charge is -2.35. The SMILES string of the molecule is CC(C)C(c1ccc(OC(OC23CC4CC2CC4C3)c2c3ccccc3cc3ccccc23)cc1)C(C)C. The van der Waals surface area contributed by atoms with Gasteiger partial charge in [0.1, 0.15) is 5.75 Å². The molecular formula is C36H40O2. The fraction of sp³-hybridized carbons (Fsp3) is 0.444. The summed E-state index contributed by atoms with van der Waals surface area (Å²) in [7, 11) is 0. The van der Waals surface area contributed by atoms with Crippen molar-refractivity contribution in [2.24, 2.45) is 29.6 Å². The van der Waals surface area contributed by atoms with Crippen molar-refractivity contribution in [2.75, 3.05) is 0 Å². The van der Waals surface area contributed by atoms with Crippen molar-refractivity contribution in [1.29, 1.82) is 0 Å². The fourth-order valence-electron chi connectivity index (χ4n) is 8.73. The molecule has 38 heavy (non-hydrogen) atoms. The first-order valence-electron chi connectivity index (χ1n) is 14.8. The van der Waals surface area contributed by atoms with Crippen LogP contribution in [0, 0.1) is 29.6 Å². The standard InChI is InChI=1S/C36H40O2/c1-22(2)33(23(3)4)24-13-15-30(16-14-24)37-35(38-36-20-27-18-29(36)19-28(27)21-36)34-31-11-7-5-9-25(31)17-26-10-6-8-12-32(26)34/h5-17,22-23,27-29,33,35H,18-21H2,1-4H3. The molecule has 0 aliphatic heterocycles. The van der Waals surface area contributed by atoms with Gasteiger partial charge in [-0.1, -0.05) is 88.4 Å². The summed E-state index contributed by atoms with van der Waals surface area (Å²) in [6.07, 6.45) is 4.64. The second-order valence-corrected chi connectivity index (χ2v) is 13.0. The number of rotatable bonds is 8. The van der Waals surface area contributed by atoms with Gasteiger partial charge in [-0.15, -0.1) is 0 Å². The molecule has 0 N–H and O–H groups in total. The summed E-state index contributed by atoms with van der Waals surface area (Å²) in [5.41, 5.74) is 2.54. The van der Waals surface area contributed by atoms with Gasteiger partial charge in [-0.3, -0.25) is 0 Å². The van der Waals surface area contributed by atoms with Crippen LogP contribution in [-0.4, -0.2) is 5.60 Å². The van der Waals surface area contributed by atoms with Crippen LogP contribution in [0.15, 0.2) is 78.9 Å². The molecule has 0 radical (unpaired) electrons. The molecule has 0 heterocycles. The van der Waals surface area contributed by atoms with E-state index in [4.69, 9.17) is 9.47 Å². The quantitative estimate of drug-likeness (QED) is 0.176. The fourth-order valence-corrected chi connectivity index (χ4v) is 8.73. The first-order chi connectivity index (χ1) is 18.4. The maximum absolute atomic E-state index is 7.28. The average Bonchev–Trinajstić information content (AvgIpc) is 3.63. The van der Waals surface area contributed by atoms with Crippen molar-refractivity contribution >= 4 is 21.5 Å². The van der Waals surface area contributed by atoms with Gasteiger partial charge in [-0.25, -0.2) is 0 Å². The normalized spacial score (nSPS) is 26.6. The molecule has 3 unspecified atom stereocenters. The zero-order valence-corrected chi connectivity index (χ0v) is 23.2. The van der Waals surface area contributed by atoms with Crippen LogP contribution >= 0.6 is 0 Å². The van der Waals surface area contributed by atoms with Crippen molar-refractivity contribution in [3.8, 4) is 5.75 Å². The maximum Gasteiger partial charge on any atom is 0.228 e. The number of fused-ring (bicyclic) bond motifs is 2. The molecule has 0 aromatic heterocycles. The molecule has 0 saturated heterocycles. The topological polar surface area (TPSA) is 18.5 Å². The third-order valence-electron chi connectivity index (χ3n) is 10.1. The van der Waals surface area contributed by atoms with Crippen molar-refractivity contribution in [3.05, 3.63) is 90.0 Å². The Morgan fingerprint density at radius 2 is 1.26 bits per heavy atom. The van der Waals surface area contributed by atoms with E-state index in [1.165, 1.54) is 58.4 Å². The Bertz CT molecular complexity index is 1390. The zero-order valence-electron chi connectivity index (χ0n) is 23.2. The second kappa shape index (κ2) is 9.12. The van der Waals surface area contributed by atoms with Gasteiger partial charge in [0.2, 0.25) is 6.29 Å². The first kappa shape index (κ1) is 24.2. The Labute approximate surface area is 227 Å². The lowest BCUT2D eigenvalue weighted by Crippen LogP contribution is -2.35. The predicted octanol–water partition coefficient (Wildman–Crippen LogP) is 9.67. The highest BCUT2D eigenvalue weighted by molar-refractivity contribution is 6.02. The van der Waals surface area contributed by atoms with Gasteiger partial charge in [-0.05, 0) is 106 Å². The highest BCUT2D eigenvalue weighted by Gasteiger charge is 2.64. The van der Waals surface area contributed by atoms with E-state index in [1.807, 2.05) is 0 Å². The van der Waals surface area contributed by atoms with E-state index >= 15 is 0 Å². The number of hydrogen-bond acceptors (Lipinski definition) is 2. The lowest BCUT2D eigenvalue weighted by molar-refractivity contribution is -0.180. The lowest BCUT2D eigenvalue weighted by atomic mass is 9.80. The molecule has 8 rings (SSSR count). The Balaban J connectivity index is 1.32. The Morgan fingerprint density at radius 1 is 0.711 bits per heavy atom. The van der Waals surface area contributed by atoms with Crippen molar-refractivity contribution in [2.45, 2.75) is 71.2 Å². The smallest absolute Gasteiger partial charge is 0.228 e. The summed E-state index contributed by atoms with van der Waals surface area (Å²) in [4.78, 5) is 0. The molecule has 4 aliphatic carbocycles. The van der Waals surface area contributed by atoms with Crippen LogP contribution in [0.2, 0.25) is 0 Å². The zero-order chi connectivity index (χ0) is 26.0. The van der Waals surface area contributed by atoms with E-state index in [0.717, 1.165) is 17.6 Å². The minimum atomic E-state index is -0.444. The largest absolute Gasteiger partial charge is 0.461 e. The predicted molar refractivity (Wildman–Crippen MR) is 156 cm³/mol. The molecular weight excluding hydrogens is 464 g/mol. The summed E-state index contributed by atoms with van der Waals surface area (Å²) in [5, 5.41) is 4.93. The van der Waals surface area contributed by atoms with Crippen LogP contribution in [0.4, 0.5) is 0 Å². The molecule has 4 fully saturated rings. The van der Waals surface area contributed by atoms with Crippen LogP contribution in [0.25, 0.3) is 21.5 Å². The van der Waals surface area contributed by atoms with E-state index < -0.39 is 6.29 Å². The monoisotopic (exact) mass is 504 g/mol. The van der Waals surface area contributed by atoms with E-state index in [2.05, 4.69) is 107 Å². The van der Waals surface area contributed by atoms with Crippen molar-refractivity contribution in [1.82, 2.24) is 0 Å². The molecule has 2 heteroatoms. The van der Waals surface area contributed by atoms with Crippen LogP contribution in [0.1, 0.15) is 76.7 Å². The average molecular weight is 505 g/mol. The summed E-state index contributed by atoms with van der Waals surface area (Å²) < 4.78 is 14.2.